The first kappa shape index (κ1) is 12.8. The van der Waals surface area contributed by atoms with Gasteiger partial charge in [0.1, 0.15) is 0 Å². The van der Waals surface area contributed by atoms with Gasteiger partial charge in [0.25, 0.3) is 0 Å². The Hall–Kier alpha value is -1.22. The maximum Gasteiger partial charge on any atom is 0.0367 e. The molecule has 0 saturated carbocycles. The zero-order valence-corrected chi connectivity index (χ0v) is 11.9. The van der Waals surface area contributed by atoms with E-state index in [1.54, 1.807) is 0 Å². The molecule has 1 aromatic carbocycles. The lowest BCUT2D eigenvalue weighted by Gasteiger charge is -2.36. The SMILES string of the molecule is CC1CN(c2ccc(N3CCCC3)cc2)CCC1N. The van der Waals surface area contributed by atoms with Crippen molar-refractivity contribution in [1.29, 1.82) is 0 Å². The highest BCUT2D eigenvalue weighted by Gasteiger charge is 2.23. The van der Waals surface area contributed by atoms with Crippen LogP contribution in [0.5, 0.6) is 0 Å². The monoisotopic (exact) mass is 259 g/mol. The smallest absolute Gasteiger partial charge is 0.0367 e. The van der Waals surface area contributed by atoms with Gasteiger partial charge in [0.15, 0.2) is 0 Å². The number of nitrogens with two attached hydrogens (primary N) is 1. The van der Waals surface area contributed by atoms with Gasteiger partial charge in [0.05, 0.1) is 0 Å². The van der Waals surface area contributed by atoms with Crippen LogP contribution in [0, 0.1) is 5.92 Å². The summed E-state index contributed by atoms with van der Waals surface area (Å²) >= 11 is 0. The Morgan fingerprint density at radius 2 is 1.53 bits per heavy atom. The van der Waals surface area contributed by atoms with Gasteiger partial charge in [-0.15, -0.1) is 0 Å². The molecule has 19 heavy (non-hydrogen) atoms. The lowest BCUT2D eigenvalue weighted by Crippen LogP contribution is -2.45. The van der Waals surface area contributed by atoms with Gasteiger partial charge in [-0.3, -0.25) is 0 Å². The van der Waals surface area contributed by atoms with Crippen molar-refractivity contribution in [3.05, 3.63) is 24.3 Å². The Labute approximate surface area is 116 Å². The molecule has 2 N–H and O–H groups in total. The lowest BCUT2D eigenvalue weighted by molar-refractivity contribution is 0.383. The molecule has 2 fully saturated rings. The second kappa shape index (κ2) is 5.41. The van der Waals surface area contributed by atoms with Crippen molar-refractivity contribution >= 4 is 11.4 Å². The molecular weight excluding hydrogens is 234 g/mol. The van der Waals surface area contributed by atoms with Crippen molar-refractivity contribution in [2.24, 2.45) is 11.7 Å². The minimum atomic E-state index is 0.375. The average Bonchev–Trinajstić information content (AvgIpc) is 2.96. The van der Waals surface area contributed by atoms with Crippen LogP contribution in [0.1, 0.15) is 26.2 Å². The van der Waals surface area contributed by atoms with Gasteiger partial charge in [-0.2, -0.15) is 0 Å². The third-order valence-corrected chi connectivity index (χ3v) is 4.66. The zero-order chi connectivity index (χ0) is 13.2. The quantitative estimate of drug-likeness (QED) is 0.885. The average molecular weight is 259 g/mol. The van der Waals surface area contributed by atoms with Crippen LogP contribution in [0.15, 0.2) is 24.3 Å². The maximum absolute atomic E-state index is 6.09. The normalized spacial score (nSPS) is 27.9. The van der Waals surface area contributed by atoms with Crippen LogP contribution in [0.2, 0.25) is 0 Å². The van der Waals surface area contributed by atoms with Gasteiger partial charge in [0, 0.05) is 43.6 Å². The van der Waals surface area contributed by atoms with Crippen molar-refractivity contribution in [3.8, 4) is 0 Å². The molecule has 0 radical (unpaired) electrons. The molecule has 0 bridgehead atoms. The Morgan fingerprint density at radius 3 is 2.11 bits per heavy atom. The first-order valence-electron chi connectivity index (χ1n) is 7.59. The second-order valence-corrected chi connectivity index (χ2v) is 6.09. The van der Waals surface area contributed by atoms with E-state index in [2.05, 4.69) is 41.0 Å². The van der Waals surface area contributed by atoms with Gasteiger partial charge >= 0.3 is 0 Å². The minimum Gasteiger partial charge on any atom is -0.372 e. The zero-order valence-electron chi connectivity index (χ0n) is 11.9. The molecule has 3 heteroatoms. The number of benzene rings is 1. The van der Waals surface area contributed by atoms with E-state index in [1.807, 2.05) is 0 Å². The van der Waals surface area contributed by atoms with Gasteiger partial charge in [-0.1, -0.05) is 6.92 Å². The number of hydrogen-bond donors (Lipinski definition) is 1. The third kappa shape index (κ3) is 2.71. The number of rotatable bonds is 2. The van der Waals surface area contributed by atoms with Crippen molar-refractivity contribution in [2.75, 3.05) is 36.0 Å². The first-order valence-corrected chi connectivity index (χ1v) is 7.59. The molecule has 2 heterocycles. The van der Waals surface area contributed by atoms with Crippen LogP contribution in [0.4, 0.5) is 11.4 Å². The molecule has 104 valence electrons. The number of hydrogen-bond acceptors (Lipinski definition) is 3. The van der Waals surface area contributed by atoms with Crippen molar-refractivity contribution in [3.63, 3.8) is 0 Å². The molecule has 3 nitrogen and oxygen atoms in total. The van der Waals surface area contributed by atoms with E-state index in [1.165, 1.54) is 37.3 Å². The summed E-state index contributed by atoms with van der Waals surface area (Å²) in [6, 6.07) is 9.48. The van der Waals surface area contributed by atoms with E-state index >= 15 is 0 Å². The van der Waals surface area contributed by atoms with E-state index in [4.69, 9.17) is 5.73 Å². The van der Waals surface area contributed by atoms with Gasteiger partial charge in [-0.25, -0.2) is 0 Å². The highest BCUT2D eigenvalue weighted by atomic mass is 15.2. The van der Waals surface area contributed by atoms with Crippen LogP contribution in [0.25, 0.3) is 0 Å². The molecule has 0 aliphatic carbocycles. The summed E-state index contributed by atoms with van der Waals surface area (Å²) in [4.78, 5) is 4.96. The summed E-state index contributed by atoms with van der Waals surface area (Å²) in [7, 11) is 0. The third-order valence-electron chi connectivity index (χ3n) is 4.66. The van der Waals surface area contributed by atoms with E-state index in [0.717, 1.165) is 19.5 Å². The highest BCUT2D eigenvalue weighted by Crippen LogP contribution is 2.26. The number of nitrogens with zero attached hydrogens (tertiary/aromatic N) is 2. The predicted octanol–water partition coefficient (Wildman–Crippen LogP) is 2.46. The highest BCUT2D eigenvalue weighted by molar-refractivity contribution is 5.57. The van der Waals surface area contributed by atoms with Gasteiger partial charge in [-0.05, 0) is 49.4 Å². The molecule has 2 aliphatic rings. The molecule has 2 atom stereocenters. The Bertz CT molecular complexity index is 409. The fourth-order valence-electron chi connectivity index (χ4n) is 3.25. The summed E-state index contributed by atoms with van der Waals surface area (Å²) in [5, 5.41) is 0. The van der Waals surface area contributed by atoms with E-state index in [-0.39, 0.29) is 0 Å². The molecule has 0 aromatic heterocycles. The van der Waals surface area contributed by atoms with E-state index in [9.17, 15) is 0 Å². The number of piperidine rings is 1. The van der Waals surface area contributed by atoms with Crippen LogP contribution >= 0.6 is 0 Å². The molecule has 1 aromatic rings. The Kier molecular flexibility index (Phi) is 3.65. The van der Waals surface area contributed by atoms with Crippen LogP contribution in [0.3, 0.4) is 0 Å². The predicted molar refractivity (Wildman–Crippen MR) is 81.9 cm³/mol. The summed E-state index contributed by atoms with van der Waals surface area (Å²) in [5.41, 5.74) is 8.82. The van der Waals surface area contributed by atoms with Gasteiger partial charge in [0.2, 0.25) is 0 Å². The Morgan fingerprint density at radius 1 is 0.947 bits per heavy atom. The molecule has 3 rings (SSSR count). The van der Waals surface area contributed by atoms with E-state index in [0.29, 0.717) is 12.0 Å². The standard InChI is InChI=1S/C16H25N3/c1-13-12-19(11-8-16(13)17)15-6-4-14(5-7-15)18-9-2-3-10-18/h4-7,13,16H,2-3,8-12,17H2,1H3. The Balaban J connectivity index is 1.68. The topological polar surface area (TPSA) is 32.5 Å². The fourth-order valence-corrected chi connectivity index (χ4v) is 3.25. The number of anilines is 2. The molecule has 0 spiro atoms. The molecule has 2 saturated heterocycles. The van der Waals surface area contributed by atoms with Crippen LogP contribution in [-0.4, -0.2) is 32.2 Å². The minimum absolute atomic E-state index is 0.375. The lowest BCUT2D eigenvalue weighted by atomic mass is 9.94. The molecule has 2 aliphatic heterocycles. The molecule has 2 unspecified atom stereocenters. The van der Waals surface area contributed by atoms with Crippen LogP contribution < -0.4 is 15.5 Å². The largest absolute Gasteiger partial charge is 0.372 e. The van der Waals surface area contributed by atoms with Gasteiger partial charge < -0.3 is 15.5 Å². The summed E-state index contributed by atoms with van der Waals surface area (Å²) < 4.78 is 0. The second-order valence-electron chi connectivity index (χ2n) is 6.09. The molecule has 0 amide bonds. The summed E-state index contributed by atoms with van der Waals surface area (Å²) in [5.74, 6) is 0.590. The van der Waals surface area contributed by atoms with E-state index < -0.39 is 0 Å². The summed E-state index contributed by atoms with van der Waals surface area (Å²) in [6.07, 6.45) is 3.78. The van der Waals surface area contributed by atoms with Crippen molar-refractivity contribution in [1.82, 2.24) is 0 Å². The van der Waals surface area contributed by atoms with Crippen molar-refractivity contribution in [2.45, 2.75) is 32.2 Å². The van der Waals surface area contributed by atoms with Crippen LogP contribution in [-0.2, 0) is 0 Å². The van der Waals surface area contributed by atoms with Crippen molar-refractivity contribution < 1.29 is 0 Å². The summed E-state index contributed by atoms with van der Waals surface area (Å²) in [6.45, 7) is 6.87. The maximum atomic E-state index is 6.09. The first-order chi connectivity index (χ1) is 9.24. The fraction of sp³-hybridized carbons (Fsp3) is 0.625. The molecular formula is C16H25N3.